The molecule has 1 saturated heterocycles. The number of carbonyl (C=O) groups excluding carboxylic acids is 1. The van der Waals surface area contributed by atoms with Gasteiger partial charge in [0.2, 0.25) is 11.9 Å². The Labute approximate surface area is 224 Å². The molecule has 2 N–H and O–H groups in total. The standard InChI is InChI=1S/C29H27F3N6O/c1-2-26(39)34-21-7-3-5-19(15-21)23-8-4-6-20-18-33-29(35-27(20)23)36-28-24(31)16-22(17-25(28)32)38-13-11-37(10-9-30)12-14-38/h2-8,15-18H,1,9-14H2,(H,34,39)(H,33,35,36). The van der Waals surface area contributed by atoms with Gasteiger partial charge in [-0.2, -0.15) is 0 Å². The first-order valence-corrected chi connectivity index (χ1v) is 12.5. The Morgan fingerprint density at radius 3 is 2.49 bits per heavy atom. The number of anilines is 4. The third-order valence-corrected chi connectivity index (χ3v) is 6.64. The number of hydrogen-bond donors (Lipinski definition) is 2. The van der Waals surface area contributed by atoms with Gasteiger partial charge in [-0.15, -0.1) is 0 Å². The first-order valence-electron chi connectivity index (χ1n) is 12.5. The predicted octanol–water partition coefficient (Wildman–Crippen LogP) is 5.53. The molecule has 3 aromatic carbocycles. The summed E-state index contributed by atoms with van der Waals surface area (Å²) in [6, 6.07) is 15.4. The number of amides is 1. The van der Waals surface area contributed by atoms with Gasteiger partial charge in [0.05, 0.1) is 5.52 Å². The Hall–Kier alpha value is -4.44. The molecule has 1 aliphatic heterocycles. The first kappa shape index (κ1) is 26.2. The van der Waals surface area contributed by atoms with Crippen LogP contribution in [-0.2, 0) is 4.79 Å². The number of fused-ring (bicyclic) bond motifs is 1. The molecule has 1 aliphatic rings. The van der Waals surface area contributed by atoms with Crippen LogP contribution < -0.4 is 15.5 Å². The summed E-state index contributed by atoms with van der Waals surface area (Å²) in [5.41, 5.74) is 2.80. The zero-order valence-corrected chi connectivity index (χ0v) is 21.1. The lowest BCUT2D eigenvalue weighted by atomic mass is 10.0. The van der Waals surface area contributed by atoms with E-state index < -0.39 is 18.3 Å². The zero-order valence-electron chi connectivity index (χ0n) is 21.1. The number of alkyl halides is 1. The van der Waals surface area contributed by atoms with Crippen LogP contribution >= 0.6 is 0 Å². The molecule has 5 rings (SSSR count). The number of halogens is 3. The maximum absolute atomic E-state index is 15.1. The minimum atomic E-state index is -0.765. The molecule has 39 heavy (non-hydrogen) atoms. The molecule has 1 amide bonds. The van der Waals surface area contributed by atoms with Crippen LogP contribution in [0.3, 0.4) is 0 Å². The number of piperazine rings is 1. The van der Waals surface area contributed by atoms with Crippen LogP contribution in [0.4, 0.5) is 36.2 Å². The summed E-state index contributed by atoms with van der Waals surface area (Å²) < 4.78 is 42.8. The van der Waals surface area contributed by atoms with Crippen molar-refractivity contribution >= 4 is 39.8 Å². The number of hydrogen-bond acceptors (Lipinski definition) is 6. The van der Waals surface area contributed by atoms with Crippen LogP contribution in [-0.4, -0.2) is 60.2 Å². The Morgan fingerprint density at radius 2 is 1.77 bits per heavy atom. The number of rotatable bonds is 8. The molecule has 0 saturated carbocycles. The van der Waals surface area contributed by atoms with Gasteiger partial charge >= 0.3 is 0 Å². The first-order chi connectivity index (χ1) is 18.9. The van der Waals surface area contributed by atoms with Crippen LogP contribution in [0.25, 0.3) is 22.0 Å². The van der Waals surface area contributed by atoms with Crippen molar-refractivity contribution in [1.82, 2.24) is 14.9 Å². The normalized spacial score (nSPS) is 13.9. The number of carbonyl (C=O) groups is 1. The third-order valence-electron chi connectivity index (χ3n) is 6.64. The summed E-state index contributed by atoms with van der Waals surface area (Å²) in [5.74, 6) is -1.82. The van der Waals surface area contributed by atoms with Gasteiger partial charge < -0.3 is 15.5 Å². The molecular formula is C29H27F3N6O. The highest BCUT2D eigenvalue weighted by molar-refractivity contribution is 6.00. The molecule has 0 radical (unpaired) electrons. The molecule has 0 spiro atoms. The van der Waals surface area contributed by atoms with E-state index in [1.54, 1.807) is 24.4 Å². The third kappa shape index (κ3) is 5.85. The van der Waals surface area contributed by atoms with Gasteiger partial charge in [-0.25, -0.2) is 23.1 Å². The van der Waals surface area contributed by atoms with Gasteiger partial charge in [0.1, 0.15) is 12.4 Å². The van der Waals surface area contributed by atoms with Crippen molar-refractivity contribution in [2.24, 2.45) is 0 Å². The van der Waals surface area contributed by atoms with Gasteiger partial charge in [-0.3, -0.25) is 9.69 Å². The maximum Gasteiger partial charge on any atom is 0.247 e. The molecule has 0 atom stereocenters. The summed E-state index contributed by atoms with van der Waals surface area (Å²) in [5, 5.41) is 6.18. The van der Waals surface area contributed by atoms with Gasteiger partial charge in [0.15, 0.2) is 11.6 Å². The monoisotopic (exact) mass is 532 g/mol. The van der Waals surface area contributed by atoms with Crippen molar-refractivity contribution in [3.05, 3.63) is 85.1 Å². The lowest BCUT2D eigenvalue weighted by Crippen LogP contribution is -2.47. The second kappa shape index (κ2) is 11.5. The lowest BCUT2D eigenvalue weighted by Gasteiger charge is -2.35. The van der Waals surface area contributed by atoms with E-state index >= 15 is 8.78 Å². The molecule has 0 aliphatic carbocycles. The Morgan fingerprint density at radius 1 is 1.03 bits per heavy atom. The molecule has 0 bridgehead atoms. The molecule has 1 aromatic heterocycles. The molecule has 0 unspecified atom stereocenters. The average molecular weight is 533 g/mol. The zero-order chi connectivity index (χ0) is 27.4. The highest BCUT2D eigenvalue weighted by Crippen LogP contribution is 2.32. The predicted molar refractivity (Wildman–Crippen MR) is 148 cm³/mol. The van der Waals surface area contributed by atoms with Crippen LogP contribution in [0.5, 0.6) is 0 Å². The van der Waals surface area contributed by atoms with Crippen LogP contribution in [0.1, 0.15) is 0 Å². The topological polar surface area (TPSA) is 73.4 Å². The Kier molecular flexibility index (Phi) is 7.74. The fourth-order valence-corrected chi connectivity index (χ4v) is 4.63. The van der Waals surface area contributed by atoms with Crippen molar-refractivity contribution in [3.8, 4) is 11.1 Å². The van der Waals surface area contributed by atoms with E-state index in [-0.39, 0.29) is 17.5 Å². The van der Waals surface area contributed by atoms with Crippen molar-refractivity contribution in [1.29, 1.82) is 0 Å². The summed E-state index contributed by atoms with van der Waals surface area (Å²) in [6.07, 6.45) is 2.77. The molecule has 7 nitrogen and oxygen atoms in total. The average Bonchev–Trinajstić information content (AvgIpc) is 2.95. The van der Waals surface area contributed by atoms with Gasteiger partial charge in [-0.1, -0.05) is 36.9 Å². The summed E-state index contributed by atoms with van der Waals surface area (Å²) in [6.45, 7) is 5.79. The van der Waals surface area contributed by atoms with E-state index in [9.17, 15) is 9.18 Å². The highest BCUT2D eigenvalue weighted by Gasteiger charge is 2.21. The largest absolute Gasteiger partial charge is 0.369 e. The van der Waals surface area contributed by atoms with E-state index in [2.05, 4.69) is 27.2 Å². The summed E-state index contributed by atoms with van der Waals surface area (Å²) in [7, 11) is 0. The van der Waals surface area contributed by atoms with E-state index in [1.807, 2.05) is 34.1 Å². The fraction of sp³-hybridized carbons (Fsp3) is 0.207. The van der Waals surface area contributed by atoms with E-state index in [0.717, 1.165) is 16.5 Å². The minimum absolute atomic E-state index is 0.0384. The van der Waals surface area contributed by atoms with Crippen molar-refractivity contribution in [2.75, 3.05) is 54.9 Å². The lowest BCUT2D eigenvalue weighted by molar-refractivity contribution is -0.111. The SMILES string of the molecule is C=CC(=O)Nc1cccc(-c2cccc3cnc(Nc4c(F)cc(N5CCN(CCF)CC5)cc4F)nc23)c1. The molecule has 200 valence electrons. The quantitative estimate of drug-likeness (QED) is 0.291. The smallest absolute Gasteiger partial charge is 0.247 e. The Balaban J connectivity index is 1.41. The van der Waals surface area contributed by atoms with Gasteiger partial charge in [0, 0.05) is 61.2 Å². The molecule has 1 fully saturated rings. The second-order valence-corrected chi connectivity index (χ2v) is 9.14. The summed E-state index contributed by atoms with van der Waals surface area (Å²) in [4.78, 5) is 24.4. The van der Waals surface area contributed by atoms with Crippen molar-refractivity contribution < 1.29 is 18.0 Å². The number of para-hydroxylation sites is 1. The van der Waals surface area contributed by atoms with Crippen molar-refractivity contribution in [3.63, 3.8) is 0 Å². The van der Waals surface area contributed by atoms with Crippen LogP contribution in [0, 0.1) is 11.6 Å². The highest BCUT2D eigenvalue weighted by atomic mass is 19.1. The van der Waals surface area contributed by atoms with E-state index in [4.69, 9.17) is 0 Å². The molecule has 2 heterocycles. The van der Waals surface area contributed by atoms with E-state index in [0.29, 0.717) is 49.6 Å². The van der Waals surface area contributed by atoms with Crippen LogP contribution in [0.15, 0.2) is 73.4 Å². The second-order valence-electron chi connectivity index (χ2n) is 9.14. The number of nitrogens with one attached hydrogen (secondary N) is 2. The number of benzene rings is 3. The maximum atomic E-state index is 15.1. The van der Waals surface area contributed by atoms with Crippen molar-refractivity contribution in [2.45, 2.75) is 0 Å². The molecular weight excluding hydrogens is 505 g/mol. The molecule has 4 aromatic rings. The van der Waals surface area contributed by atoms with Gasteiger partial charge in [-0.05, 0) is 35.9 Å². The number of aromatic nitrogens is 2. The number of nitrogens with zero attached hydrogens (tertiary/aromatic N) is 4. The van der Waals surface area contributed by atoms with Crippen LogP contribution in [0.2, 0.25) is 0 Å². The molecule has 10 heteroatoms. The Bertz CT molecular complexity index is 1500. The summed E-state index contributed by atoms with van der Waals surface area (Å²) >= 11 is 0. The fourth-order valence-electron chi connectivity index (χ4n) is 4.63. The van der Waals surface area contributed by atoms with E-state index in [1.165, 1.54) is 18.2 Å². The minimum Gasteiger partial charge on any atom is -0.369 e. The van der Waals surface area contributed by atoms with Gasteiger partial charge in [0.25, 0.3) is 0 Å².